The van der Waals surface area contributed by atoms with Crippen LogP contribution in [0.2, 0.25) is 0 Å². The van der Waals surface area contributed by atoms with Gasteiger partial charge in [-0.2, -0.15) is 0 Å². The van der Waals surface area contributed by atoms with Crippen molar-refractivity contribution in [3.05, 3.63) is 0 Å². The third-order valence-corrected chi connectivity index (χ3v) is 1.57. The van der Waals surface area contributed by atoms with Crippen molar-refractivity contribution in [2.75, 3.05) is 18.7 Å². The van der Waals surface area contributed by atoms with Crippen LogP contribution in [0.5, 0.6) is 0 Å². The van der Waals surface area contributed by atoms with E-state index in [9.17, 15) is 9.59 Å². The van der Waals surface area contributed by atoms with E-state index < -0.39 is 0 Å². The number of hydrogen-bond donors (Lipinski definition) is 0. The van der Waals surface area contributed by atoms with Gasteiger partial charge in [0.05, 0.1) is 6.42 Å². The van der Waals surface area contributed by atoms with Gasteiger partial charge in [0.2, 0.25) is 5.91 Å². The molecular weight excluding hydrogens is 273 g/mol. The van der Waals surface area contributed by atoms with Crippen LogP contribution >= 0.6 is 22.6 Å². The lowest BCUT2D eigenvalue weighted by atomic mass is 10.3. The molecule has 0 atom stereocenters. The van der Waals surface area contributed by atoms with Crippen LogP contribution in [-0.2, 0) is 14.3 Å². The molecule has 0 aliphatic carbocycles. The van der Waals surface area contributed by atoms with Crippen molar-refractivity contribution in [1.29, 1.82) is 0 Å². The average Bonchev–Trinajstić information content (AvgIpc) is 2.00. The lowest BCUT2D eigenvalue weighted by Gasteiger charge is -2.08. The van der Waals surface area contributed by atoms with Gasteiger partial charge in [0.15, 0.2) is 0 Å². The van der Waals surface area contributed by atoms with E-state index in [0.717, 1.165) is 0 Å². The minimum absolute atomic E-state index is 0.0552. The lowest BCUT2D eigenvalue weighted by molar-refractivity contribution is -0.143. The second kappa shape index (κ2) is 6.22. The number of carbonyl (C=O) groups is 2. The van der Waals surface area contributed by atoms with Gasteiger partial charge in [0, 0.05) is 20.5 Å². The molecule has 0 aliphatic heterocycles. The third kappa shape index (κ3) is 5.34. The fraction of sp³-hybridized carbons (Fsp3) is 0.714. The molecule has 70 valence electrons. The van der Waals surface area contributed by atoms with E-state index in [4.69, 9.17) is 0 Å². The molecule has 0 radical (unpaired) electrons. The predicted molar refractivity (Wildman–Crippen MR) is 52.9 cm³/mol. The fourth-order valence-electron chi connectivity index (χ4n) is 0.566. The Morgan fingerprint density at radius 1 is 1.33 bits per heavy atom. The van der Waals surface area contributed by atoms with Crippen LogP contribution in [-0.4, -0.2) is 35.5 Å². The molecule has 0 aromatic carbocycles. The number of hydrogen-bond acceptors (Lipinski definition) is 3. The maximum absolute atomic E-state index is 11.0. The molecule has 0 aromatic rings. The molecule has 0 fully saturated rings. The summed E-state index contributed by atoms with van der Waals surface area (Å²) in [6.45, 7) is 0. The summed E-state index contributed by atoms with van der Waals surface area (Å²) in [5.41, 5.74) is 0. The summed E-state index contributed by atoms with van der Waals surface area (Å²) < 4.78 is 4.99. The smallest absolute Gasteiger partial charge is 0.307 e. The van der Waals surface area contributed by atoms with Crippen molar-refractivity contribution in [3.8, 4) is 0 Å². The quantitative estimate of drug-likeness (QED) is 0.436. The van der Waals surface area contributed by atoms with E-state index in [1.165, 1.54) is 4.90 Å². The summed E-state index contributed by atoms with van der Waals surface area (Å²) in [6.07, 6.45) is 0.391. The zero-order chi connectivity index (χ0) is 9.56. The number of ether oxygens (including phenoxy) is 1. The number of rotatable bonds is 4. The van der Waals surface area contributed by atoms with Crippen LogP contribution < -0.4 is 0 Å². The topological polar surface area (TPSA) is 46.6 Å². The Balaban J connectivity index is 3.54. The van der Waals surface area contributed by atoms with Crippen molar-refractivity contribution in [1.82, 2.24) is 4.90 Å². The molecule has 0 saturated heterocycles. The van der Waals surface area contributed by atoms with Crippen LogP contribution in [0.4, 0.5) is 0 Å². The summed E-state index contributed by atoms with van der Waals surface area (Å²) in [5.74, 6) is -0.375. The summed E-state index contributed by atoms with van der Waals surface area (Å²) in [7, 11) is 3.32. The Labute approximate surface area is 85.4 Å². The largest absolute Gasteiger partial charge is 0.455 e. The molecule has 0 rings (SSSR count). The van der Waals surface area contributed by atoms with Gasteiger partial charge < -0.3 is 9.64 Å². The number of nitrogens with zero attached hydrogens (tertiary/aromatic N) is 1. The average molecular weight is 285 g/mol. The monoisotopic (exact) mass is 285 g/mol. The maximum Gasteiger partial charge on any atom is 0.307 e. The van der Waals surface area contributed by atoms with E-state index in [1.54, 1.807) is 14.1 Å². The van der Waals surface area contributed by atoms with Crippen LogP contribution in [0, 0.1) is 0 Å². The van der Waals surface area contributed by atoms with Crippen LogP contribution in [0.1, 0.15) is 12.8 Å². The zero-order valence-electron chi connectivity index (χ0n) is 7.17. The maximum atomic E-state index is 11.0. The van der Waals surface area contributed by atoms with Gasteiger partial charge >= 0.3 is 5.97 Å². The van der Waals surface area contributed by atoms with E-state index >= 15 is 0 Å². The molecule has 0 aromatic heterocycles. The second-order valence-corrected chi connectivity index (χ2v) is 3.04. The molecule has 0 saturated carbocycles. The highest BCUT2D eigenvalue weighted by molar-refractivity contribution is 14.1. The van der Waals surface area contributed by atoms with Crippen LogP contribution in [0.25, 0.3) is 0 Å². The second-order valence-electron chi connectivity index (χ2n) is 2.41. The first-order chi connectivity index (χ1) is 5.57. The Bertz CT molecular complexity index is 170. The Hall–Kier alpha value is -0.330. The van der Waals surface area contributed by atoms with Crippen molar-refractivity contribution in [2.24, 2.45) is 0 Å². The summed E-state index contributed by atoms with van der Waals surface area (Å²) >= 11 is 1.93. The normalized spacial score (nSPS) is 9.25. The highest BCUT2D eigenvalue weighted by Gasteiger charge is 2.08. The first kappa shape index (κ1) is 11.7. The molecule has 1 amide bonds. The molecule has 4 nitrogen and oxygen atoms in total. The van der Waals surface area contributed by atoms with Gasteiger partial charge in [-0.15, -0.1) is 0 Å². The third-order valence-electron chi connectivity index (χ3n) is 1.26. The van der Waals surface area contributed by atoms with E-state index in [1.807, 2.05) is 22.6 Å². The van der Waals surface area contributed by atoms with Crippen molar-refractivity contribution in [3.63, 3.8) is 0 Å². The Kier molecular flexibility index (Phi) is 6.04. The first-order valence-electron chi connectivity index (χ1n) is 3.49. The van der Waals surface area contributed by atoms with Gasteiger partial charge in [-0.25, -0.2) is 0 Å². The molecule has 0 bridgehead atoms. The van der Waals surface area contributed by atoms with Gasteiger partial charge in [0.25, 0.3) is 0 Å². The number of esters is 1. The number of halogens is 1. The highest BCUT2D eigenvalue weighted by atomic mass is 127. The number of carbonyl (C=O) groups excluding carboxylic acids is 2. The minimum Gasteiger partial charge on any atom is -0.455 e. The summed E-state index contributed by atoms with van der Waals surface area (Å²) in [6, 6.07) is 0. The van der Waals surface area contributed by atoms with Crippen molar-refractivity contribution >= 4 is 34.5 Å². The van der Waals surface area contributed by atoms with E-state index in [-0.39, 0.29) is 24.7 Å². The van der Waals surface area contributed by atoms with Gasteiger partial charge in [-0.05, 0) is 22.6 Å². The zero-order valence-corrected chi connectivity index (χ0v) is 9.33. The fourth-order valence-corrected chi connectivity index (χ4v) is 0.913. The predicted octanol–water partition coefficient (Wildman–Crippen LogP) is 0.790. The number of alkyl halides is 1. The molecule has 0 spiro atoms. The molecular formula is C7H12INO3. The van der Waals surface area contributed by atoms with Crippen LogP contribution in [0.15, 0.2) is 0 Å². The highest BCUT2D eigenvalue weighted by Crippen LogP contribution is 1.97. The van der Waals surface area contributed by atoms with Gasteiger partial charge in [-0.3, -0.25) is 9.59 Å². The van der Waals surface area contributed by atoms with Crippen molar-refractivity contribution in [2.45, 2.75) is 12.8 Å². The molecule has 0 aliphatic rings. The first-order valence-corrected chi connectivity index (χ1v) is 5.02. The van der Waals surface area contributed by atoms with E-state index in [2.05, 4.69) is 4.74 Å². The molecule has 12 heavy (non-hydrogen) atoms. The molecule has 0 heterocycles. The summed E-state index contributed by atoms with van der Waals surface area (Å²) in [4.78, 5) is 23.2. The van der Waals surface area contributed by atoms with E-state index in [0.29, 0.717) is 4.61 Å². The Morgan fingerprint density at radius 3 is 2.33 bits per heavy atom. The molecule has 0 unspecified atom stereocenters. The lowest BCUT2D eigenvalue weighted by Crippen LogP contribution is -2.22. The number of amides is 1. The molecule has 5 heteroatoms. The standard InChI is InChI=1S/C7H12INO3/c1-9(2)6(10)3-4-7(11)12-5-8/h3-5H2,1-2H3. The van der Waals surface area contributed by atoms with Crippen LogP contribution in [0.3, 0.4) is 0 Å². The minimum atomic E-state index is -0.320. The summed E-state index contributed by atoms with van der Waals surface area (Å²) in [5, 5.41) is 0. The Morgan fingerprint density at radius 2 is 1.92 bits per heavy atom. The van der Waals surface area contributed by atoms with Gasteiger partial charge in [-0.1, -0.05) is 0 Å². The van der Waals surface area contributed by atoms with Crippen molar-refractivity contribution < 1.29 is 14.3 Å². The SMILES string of the molecule is CN(C)C(=O)CCC(=O)OCI. The van der Waals surface area contributed by atoms with Gasteiger partial charge in [0.1, 0.15) is 4.61 Å². The molecule has 0 N–H and O–H groups in total.